The molecule has 0 unspecified atom stereocenters. The fourth-order valence-corrected chi connectivity index (χ4v) is 7.92. The van der Waals surface area contributed by atoms with E-state index in [0.717, 1.165) is 43.2 Å². The molecule has 3 aromatic carbocycles. The van der Waals surface area contributed by atoms with E-state index in [1.54, 1.807) is 0 Å². The van der Waals surface area contributed by atoms with Gasteiger partial charge in [-0.1, -0.05) is 30.3 Å². The van der Waals surface area contributed by atoms with E-state index < -0.39 is 6.04 Å². The first-order valence-corrected chi connectivity index (χ1v) is 17.8. The summed E-state index contributed by atoms with van der Waals surface area (Å²) in [6, 6.07) is 19.0. The number of carbonyl (C=O) groups is 3. The minimum absolute atomic E-state index is 0.0441. The number of nitrogens with one attached hydrogen (secondary N) is 2. The third kappa shape index (κ3) is 7.46. The summed E-state index contributed by atoms with van der Waals surface area (Å²) in [6.07, 6.45) is 3.44. The van der Waals surface area contributed by atoms with Gasteiger partial charge in [0, 0.05) is 59.7 Å². The van der Waals surface area contributed by atoms with Gasteiger partial charge in [-0.25, -0.2) is 14.6 Å². The first-order valence-electron chi connectivity index (χ1n) is 16.2. The Balaban J connectivity index is 1.21. The first kappa shape index (κ1) is 33.8. The number of para-hydroxylation sites is 3. The number of nitrogens with two attached hydrogens (primary N) is 1. The number of hydrogen-bond acceptors (Lipinski definition) is 6. The van der Waals surface area contributed by atoms with Crippen LogP contribution in [0.2, 0.25) is 0 Å². The minimum atomic E-state index is -0.488. The summed E-state index contributed by atoms with van der Waals surface area (Å²) in [4.78, 5) is 47.8. The predicted molar refractivity (Wildman–Crippen MR) is 193 cm³/mol. The van der Waals surface area contributed by atoms with Gasteiger partial charge < -0.3 is 35.5 Å². The largest absolute Gasteiger partial charge is 0.469 e. The van der Waals surface area contributed by atoms with Crippen molar-refractivity contribution in [1.29, 1.82) is 0 Å². The number of aromatic nitrogens is 2. The van der Waals surface area contributed by atoms with E-state index in [1.807, 2.05) is 64.4 Å². The number of rotatable bonds is 9. The molecule has 2 aliphatic heterocycles. The topological polar surface area (TPSA) is 135 Å². The molecule has 4 N–H and O–H groups in total. The molecule has 13 heteroatoms. The number of amides is 4. The molecule has 0 spiro atoms. The molecule has 1 saturated heterocycles. The number of fused-ring (bicyclic) bond motifs is 2. The van der Waals surface area contributed by atoms with Crippen LogP contribution in [0.5, 0.6) is 0 Å². The maximum absolute atomic E-state index is 14.0. The van der Waals surface area contributed by atoms with Crippen molar-refractivity contribution in [1.82, 2.24) is 24.7 Å². The third-order valence-corrected chi connectivity index (χ3v) is 10.5. The Morgan fingerprint density at radius 3 is 2.52 bits per heavy atom. The molecular formula is C35H39Br2N7O4. The number of nitrogens with zero attached hydrogens (tertiary/aromatic N) is 4. The van der Waals surface area contributed by atoms with Crippen LogP contribution in [-0.4, -0.2) is 70.2 Å². The number of methoxy groups -OCH3 is 1. The molecule has 0 aliphatic carbocycles. The molecule has 6 rings (SSSR count). The summed E-state index contributed by atoms with van der Waals surface area (Å²) in [7, 11) is 1.39. The van der Waals surface area contributed by atoms with Gasteiger partial charge in [-0.3, -0.25) is 4.79 Å². The molecule has 11 nitrogen and oxygen atoms in total. The molecule has 0 saturated carbocycles. The quantitative estimate of drug-likeness (QED) is 0.129. The normalized spacial score (nSPS) is 15.9. The Bertz CT molecular complexity index is 1800. The number of urea groups is 2. The lowest BCUT2D eigenvalue weighted by atomic mass is 10.0. The second-order valence-corrected chi connectivity index (χ2v) is 13.9. The number of esters is 1. The maximum Gasteiger partial charge on any atom is 0.322 e. The SMILES string of the molecule is COC(=O)CCCn1c([C@@H](Cc2cc(Br)c(N)c(Br)c2)NC(=O)N2CCC(N3CCc4ccccc4NC3=O)CC2)nc2ccccc21. The lowest BCUT2D eigenvalue weighted by molar-refractivity contribution is -0.140. The van der Waals surface area contributed by atoms with E-state index in [0.29, 0.717) is 63.4 Å². The Hall–Kier alpha value is -4.10. The number of benzene rings is 3. The Morgan fingerprint density at radius 2 is 1.77 bits per heavy atom. The van der Waals surface area contributed by atoms with Crippen LogP contribution in [0.3, 0.4) is 0 Å². The number of piperidine rings is 1. The van der Waals surface area contributed by atoms with Crippen LogP contribution in [0.1, 0.15) is 48.7 Å². The highest BCUT2D eigenvalue weighted by atomic mass is 79.9. The molecule has 4 amide bonds. The van der Waals surface area contributed by atoms with Gasteiger partial charge in [-0.15, -0.1) is 0 Å². The zero-order valence-corrected chi connectivity index (χ0v) is 29.9. The zero-order valence-electron chi connectivity index (χ0n) is 26.8. The number of imidazole rings is 1. The van der Waals surface area contributed by atoms with Crippen molar-refractivity contribution in [3.05, 3.63) is 86.6 Å². The molecule has 0 radical (unpaired) electrons. The van der Waals surface area contributed by atoms with Crippen molar-refractivity contribution in [2.24, 2.45) is 0 Å². The smallest absolute Gasteiger partial charge is 0.322 e. The number of anilines is 2. The summed E-state index contributed by atoms with van der Waals surface area (Å²) in [5.74, 6) is 0.433. The number of halogens is 2. The molecule has 48 heavy (non-hydrogen) atoms. The predicted octanol–water partition coefficient (Wildman–Crippen LogP) is 6.64. The van der Waals surface area contributed by atoms with Crippen molar-refractivity contribution >= 4 is 72.3 Å². The van der Waals surface area contributed by atoms with Gasteiger partial charge in [0.25, 0.3) is 0 Å². The summed E-state index contributed by atoms with van der Waals surface area (Å²) in [6.45, 7) is 2.21. The second-order valence-electron chi connectivity index (χ2n) is 12.2. The number of hydrogen-bond donors (Lipinski definition) is 3. The van der Waals surface area contributed by atoms with Gasteiger partial charge in [0.1, 0.15) is 5.82 Å². The van der Waals surface area contributed by atoms with Crippen LogP contribution in [0.25, 0.3) is 11.0 Å². The maximum atomic E-state index is 14.0. The van der Waals surface area contributed by atoms with Gasteiger partial charge in [0.2, 0.25) is 0 Å². The number of likely N-dealkylation sites (tertiary alicyclic amines) is 1. The van der Waals surface area contributed by atoms with Gasteiger partial charge in [-0.2, -0.15) is 0 Å². The number of nitrogen functional groups attached to an aromatic ring is 1. The lowest BCUT2D eigenvalue weighted by Crippen LogP contribution is -2.52. The number of carbonyl (C=O) groups excluding carboxylic acids is 3. The molecule has 1 fully saturated rings. The van der Waals surface area contributed by atoms with Crippen LogP contribution < -0.4 is 16.4 Å². The molecule has 1 atom stereocenters. The van der Waals surface area contributed by atoms with Crippen molar-refractivity contribution in [3.63, 3.8) is 0 Å². The second kappa shape index (κ2) is 15.0. The molecule has 252 valence electrons. The van der Waals surface area contributed by atoms with Crippen LogP contribution in [0.15, 0.2) is 69.6 Å². The minimum Gasteiger partial charge on any atom is -0.469 e. The monoisotopic (exact) mass is 779 g/mol. The van der Waals surface area contributed by atoms with Gasteiger partial charge in [0.15, 0.2) is 0 Å². The van der Waals surface area contributed by atoms with E-state index in [9.17, 15) is 14.4 Å². The van der Waals surface area contributed by atoms with E-state index in [2.05, 4.69) is 53.1 Å². The molecule has 2 aliphatic rings. The van der Waals surface area contributed by atoms with Crippen LogP contribution >= 0.6 is 31.9 Å². The van der Waals surface area contributed by atoms with Crippen LogP contribution in [0.4, 0.5) is 21.0 Å². The summed E-state index contributed by atoms with van der Waals surface area (Å²) in [5, 5.41) is 6.37. The van der Waals surface area contributed by atoms with Crippen molar-refractivity contribution in [2.75, 3.05) is 37.8 Å². The highest BCUT2D eigenvalue weighted by Crippen LogP contribution is 2.33. The fourth-order valence-electron chi connectivity index (χ4n) is 6.64. The fraction of sp³-hybridized carbons (Fsp3) is 0.371. The van der Waals surface area contributed by atoms with Crippen LogP contribution in [-0.2, 0) is 28.9 Å². The Morgan fingerprint density at radius 1 is 1.06 bits per heavy atom. The molecule has 4 aromatic rings. The average Bonchev–Trinajstić information content (AvgIpc) is 3.36. The summed E-state index contributed by atoms with van der Waals surface area (Å²) >= 11 is 7.12. The summed E-state index contributed by atoms with van der Waals surface area (Å²) < 4.78 is 8.47. The van der Waals surface area contributed by atoms with Gasteiger partial charge in [-0.05, 0) is 99.0 Å². The Labute approximate surface area is 296 Å². The first-order chi connectivity index (χ1) is 23.2. The third-order valence-electron chi connectivity index (χ3n) is 9.20. The van der Waals surface area contributed by atoms with Crippen molar-refractivity contribution in [2.45, 2.75) is 57.2 Å². The van der Waals surface area contributed by atoms with E-state index in [4.69, 9.17) is 15.5 Å². The molecule has 0 bridgehead atoms. The highest BCUT2D eigenvalue weighted by molar-refractivity contribution is 9.11. The average molecular weight is 782 g/mol. The van der Waals surface area contributed by atoms with Gasteiger partial charge >= 0.3 is 18.0 Å². The van der Waals surface area contributed by atoms with Crippen molar-refractivity contribution < 1.29 is 19.1 Å². The number of ether oxygens (including phenoxy) is 1. The van der Waals surface area contributed by atoms with E-state index in [1.165, 1.54) is 7.11 Å². The van der Waals surface area contributed by atoms with Crippen molar-refractivity contribution in [3.8, 4) is 0 Å². The molecule has 3 heterocycles. The molecule has 1 aromatic heterocycles. The summed E-state index contributed by atoms with van der Waals surface area (Å²) in [5.41, 5.74) is 11.5. The lowest BCUT2D eigenvalue weighted by Gasteiger charge is -2.38. The van der Waals surface area contributed by atoms with Crippen LogP contribution in [0, 0.1) is 0 Å². The Kier molecular flexibility index (Phi) is 10.5. The zero-order chi connectivity index (χ0) is 33.8. The number of aryl methyl sites for hydroxylation is 1. The van der Waals surface area contributed by atoms with Gasteiger partial charge in [0.05, 0.1) is 29.9 Å². The van der Waals surface area contributed by atoms with E-state index >= 15 is 0 Å². The standard InChI is InChI=1S/C35H39Br2N7O4/c1-48-31(45)11-6-15-44-30-10-5-4-9-28(30)39-33(44)29(21-22-19-25(36)32(38)26(37)20-22)41-34(46)42-16-13-24(14-17-42)43-18-12-23-7-2-3-8-27(23)40-35(43)47/h2-5,7-10,19-20,24,29H,6,11-18,21,38H2,1H3,(H,40,47)(H,41,46)/t29-/m1/s1. The van der Waals surface area contributed by atoms with E-state index in [-0.39, 0.29) is 30.5 Å². The highest BCUT2D eigenvalue weighted by Gasteiger charge is 2.33. The molecular weight excluding hydrogens is 742 g/mol.